The molecule has 0 N–H and O–H groups in total. The summed E-state index contributed by atoms with van der Waals surface area (Å²) in [6, 6.07) is 9.57. The van der Waals surface area contributed by atoms with Crippen LogP contribution >= 0.6 is 0 Å². The van der Waals surface area contributed by atoms with Gasteiger partial charge in [0, 0.05) is 18.8 Å². The number of para-hydroxylation sites is 1. The van der Waals surface area contributed by atoms with E-state index in [0.717, 1.165) is 24.9 Å². The third-order valence-electron chi connectivity index (χ3n) is 4.45. The van der Waals surface area contributed by atoms with Crippen molar-refractivity contribution in [2.75, 3.05) is 13.2 Å². The third-order valence-corrected chi connectivity index (χ3v) is 4.45. The lowest BCUT2D eigenvalue weighted by molar-refractivity contribution is -0.144. The van der Waals surface area contributed by atoms with Crippen molar-refractivity contribution in [1.82, 2.24) is 14.7 Å². The van der Waals surface area contributed by atoms with Gasteiger partial charge in [-0.3, -0.25) is 9.59 Å². The van der Waals surface area contributed by atoms with Crippen molar-refractivity contribution in [3.63, 3.8) is 0 Å². The second-order valence-corrected chi connectivity index (χ2v) is 6.17. The first-order valence-electron chi connectivity index (χ1n) is 8.75. The summed E-state index contributed by atoms with van der Waals surface area (Å²) >= 11 is 0. The number of benzene rings is 1. The van der Waals surface area contributed by atoms with Gasteiger partial charge in [-0.25, -0.2) is 4.68 Å². The summed E-state index contributed by atoms with van der Waals surface area (Å²) in [7, 11) is 0. The molecule has 0 aliphatic carbocycles. The van der Waals surface area contributed by atoms with Gasteiger partial charge in [0.2, 0.25) is 0 Å². The summed E-state index contributed by atoms with van der Waals surface area (Å²) in [5.41, 5.74) is 1.45. The monoisotopic (exact) mass is 341 g/mol. The first-order chi connectivity index (χ1) is 12.2. The van der Waals surface area contributed by atoms with Crippen LogP contribution in [0.15, 0.2) is 42.7 Å². The van der Waals surface area contributed by atoms with Gasteiger partial charge in [-0.05, 0) is 38.3 Å². The second-order valence-electron chi connectivity index (χ2n) is 6.17. The second kappa shape index (κ2) is 7.96. The molecule has 1 unspecified atom stereocenters. The molecule has 1 saturated heterocycles. The van der Waals surface area contributed by atoms with Crippen LogP contribution in [0.1, 0.15) is 43.0 Å². The van der Waals surface area contributed by atoms with Gasteiger partial charge in [-0.2, -0.15) is 5.10 Å². The van der Waals surface area contributed by atoms with Gasteiger partial charge in [0.25, 0.3) is 5.91 Å². The summed E-state index contributed by atoms with van der Waals surface area (Å²) in [4.78, 5) is 26.5. The maximum Gasteiger partial charge on any atom is 0.307 e. The quantitative estimate of drug-likeness (QED) is 0.785. The highest BCUT2D eigenvalue weighted by Gasteiger charge is 2.30. The van der Waals surface area contributed by atoms with Gasteiger partial charge in [-0.1, -0.05) is 18.2 Å². The molecule has 1 fully saturated rings. The van der Waals surface area contributed by atoms with Gasteiger partial charge >= 0.3 is 5.97 Å². The molecule has 1 amide bonds. The third kappa shape index (κ3) is 4.07. The largest absolute Gasteiger partial charge is 0.466 e. The minimum atomic E-state index is -0.243. The maximum atomic E-state index is 12.9. The Bertz CT molecular complexity index is 727. The maximum absolute atomic E-state index is 12.9. The summed E-state index contributed by atoms with van der Waals surface area (Å²) in [5.74, 6) is -0.316. The first-order valence-corrected chi connectivity index (χ1v) is 8.75. The van der Waals surface area contributed by atoms with E-state index in [4.69, 9.17) is 4.74 Å². The van der Waals surface area contributed by atoms with Gasteiger partial charge in [-0.15, -0.1) is 0 Å². The normalized spacial score (nSPS) is 17.3. The molecule has 25 heavy (non-hydrogen) atoms. The summed E-state index contributed by atoms with van der Waals surface area (Å²) in [5, 5.41) is 4.30. The Balaban J connectivity index is 1.74. The number of aromatic nitrogens is 2. The van der Waals surface area contributed by atoms with Crippen LogP contribution in [-0.2, 0) is 9.53 Å². The Morgan fingerprint density at radius 3 is 2.80 bits per heavy atom. The Morgan fingerprint density at radius 2 is 2.04 bits per heavy atom. The number of rotatable bonds is 5. The molecule has 6 nitrogen and oxygen atoms in total. The average Bonchev–Trinajstić information content (AvgIpc) is 3.13. The van der Waals surface area contributed by atoms with E-state index in [1.54, 1.807) is 28.9 Å². The number of hydrogen-bond acceptors (Lipinski definition) is 4. The number of hydrogen-bond donors (Lipinski definition) is 0. The van der Waals surface area contributed by atoms with Crippen molar-refractivity contribution in [2.24, 2.45) is 0 Å². The number of carbonyl (C=O) groups excluding carboxylic acids is 2. The minimum Gasteiger partial charge on any atom is -0.466 e. The van der Waals surface area contributed by atoms with Crippen molar-refractivity contribution in [3.05, 3.63) is 48.3 Å². The van der Waals surface area contributed by atoms with Crippen LogP contribution in [0.2, 0.25) is 0 Å². The lowest BCUT2D eigenvalue weighted by atomic mass is 9.98. The van der Waals surface area contributed by atoms with Crippen LogP contribution in [0.4, 0.5) is 0 Å². The molecule has 0 spiro atoms. The molecular formula is C19H23N3O3. The first kappa shape index (κ1) is 17.2. The molecule has 3 rings (SSSR count). The highest BCUT2D eigenvalue weighted by atomic mass is 16.5. The van der Waals surface area contributed by atoms with E-state index in [-0.39, 0.29) is 24.3 Å². The number of likely N-dealkylation sites (tertiary alicyclic amines) is 1. The van der Waals surface area contributed by atoms with Crippen molar-refractivity contribution in [3.8, 4) is 5.69 Å². The Labute approximate surface area is 147 Å². The predicted octanol–water partition coefficient (Wildman–Crippen LogP) is 2.82. The van der Waals surface area contributed by atoms with Gasteiger partial charge in [0.1, 0.15) is 0 Å². The lowest BCUT2D eigenvalue weighted by Gasteiger charge is -2.35. The van der Waals surface area contributed by atoms with Crippen LogP contribution in [0.25, 0.3) is 5.69 Å². The Kier molecular flexibility index (Phi) is 5.48. The zero-order valence-electron chi connectivity index (χ0n) is 14.4. The van der Waals surface area contributed by atoms with E-state index in [0.29, 0.717) is 18.7 Å². The molecule has 6 heteroatoms. The molecule has 132 valence electrons. The van der Waals surface area contributed by atoms with E-state index in [1.807, 2.05) is 30.3 Å². The summed E-state index contributed by atoms with van der Waals surface area (Å²) in [6.07, 6.45) is 6.40. The van der Waals surface area contributed by atoms with Gasteiger partial charge in [0.15, 0.2) is 0 Å². The van der Waals surface area contributed by atoms with E-state index in [2.05, 4.69) is 5.10 Å². The zero-order valence-corrected chi connectivity index (χ0v) is 14.4. The number of ether oxygens (including phenoxy) is 1. The highest BCUT2D eigenvalue weighted by Crippen LogP contribution is 2.22. The van der Waals surface area contributed by atoms with E-state index >= 15 is 0 Å². The molecule has 0 radical (unpaired) electrons. The lowest BCUT2D eigenvalue weighted by Crippen LogP contribution is -2.44. The molecule has 0 bridgehead atoms. The van der Waals surface area contributed by atoms with Crippen LogP contribution in [0.5, 0.6) is 0 Å². The average molecular weight is 341 g/mol. The van der Waals surface area contributed by atoms with Gasteiger partial charge < -0.3 is 9.64 Å². The molecule has 2 heterocycles. The standard InChI is InChI=1S/C19H23N3O3/c1-2-25-18(23)12-17-10-6-7-11-21(17)19(24)15-13-20-22(14-15)16-8-4-3-5-9-16/h3-5,8-9,13-14,17H,2,6-7,10-12H2,1H3. The molecule has 2 aromatic rings. The molecular weight excluding hydrogens is 318 g/mol. The molecule has 1 aromatic heterocycles. The zero-order chi connectivity index (χ0) is 17.6. The van der Waals surface area contributed by atoms with Crippen molar-refractivity contribution in [1.29, 1.82) is 0 Å². The molecule has 1 aliphatic heterocycles. The Morgan fingerprint density at radius 1 is 1.24 bits per heavy atom. The Hall–Kier alpha value is -2.63. The van der Waals surface area contributed by atoms with Crippen LogP contribution in [-0.4, -0.2) is 45.8 Å². The fourth-order valence-electron chi connectivity index (χ4n) is 3.21. The number of amides is 1. The predicted molar refractivity (Wildman–Crippen MR) is 93.5 cm³/mol. The van der Waals surface area contributed by atoms with Crippen molar-refractivity contribution >= 4 is 11.9 Å². The number of esters is 1. The molecule has 1 aliphatic rings. The SMILES string of the molecule is CCOC(=O)CC1CCCCN1C(=O)c1cnn(-c2ccccc2)c1. The number of nitrogens with zero attached hydrogens (tertiary/aromatic N) is 3. The fraction of sp³-hybridized carbons (Fsp3) is 0.421. The summed E-state index contributed by atoms with van der Waals surface area (Å²) < 4.78 is 6.74. The number of carbonyl (C=O) groups is 2. The van der Waals surface area contributed by atoms with Crippen LogP contribution < -0.4 is 0 Å². The number of piperidine rings is 1. The van der Waals surface area contributed by atoms with Crippen molar-refractivity contribution in [2.45, 2.75) is 38.6 Å². The fourth-order valence-corrected chi connectivity index (χ4v) is 3.21. The smallest absolute Gasteiger partial charge is 0.307 e. The van der Waals surface area contributed by atoms with Gasteiger partial charge in [0.05, 0.1) is 30.5 Å². The highest BCUT2D eigenvalue weighted by molar-refractivity contribution is 5.94. The van der Waals surface area contributed by atoms with Crippen LogP contribution in [0, 0.1) is 0 Å². The topological polar surface area (TPSA) is 64.4 Å². The van der Waals surface area contributed by atoms with E-state index in [9.17, 15) is 9.59 Å². The molecule has 1 atom stereocenters. The van der Waals surface area contributed by atoms with E-state index in [1.165, 1.54) is 0 Å². The minimum absolute atomic E-state index is 0.0730. The van der Waals surface area contributed by atoms with Crippen LogP contribution in [0.3, 0.4) is 0 Å². The molecule has 0 saturated carbocycles. The summed E-state index contributed by atoms with van der Waals surface area (Å²) in [6.45, 7) is 2.82. The molecule has 1 aromatic carbocycles. The van der Waals surface area contributed by atoms with E-state index < -0.39 is 0 Å². The van der Waals surface area contributed by atoms with Crippen molar-refractivity contribution < 1.29 is 14.3 Å².